The number of nitrogens with one attached hydrogen (secondary N) is 1. The van der Waals surface area contributed by atoms with E-state index in [9.17, 15) is 10.1 Å². The van der Waals surface area contributed by atoms with Crippen molar-refractivity contribution in [2.75, 3.05) is 18.5 Å². The average molecular weight is 495 g/mol. The molecule has 0 saturated heterocycles. The number of carbonyl (C=O) groups is 1. The molecule has 0 aliphatic rings. The predicted octanol–water partition coefficient (Wildman–Crippen LogP) is 5.60. The first kappa shape index (κ1) is 22.6. The van der Waals surface area contributed by atoms with E-state index in [1.54, 1.807) is 31.2 Å². The Bertz CT molecular complexity index is 1040. The Hall–Kier alpha value is -2.71. The molecule has 148 valence electrons. The smallest absolute Gasteiger partial charge is 0.266 e. The number of hydrogen-bond donors (Lipinski definition) is 1. The molecule has 0 aliphatic carbocycles. The van der Waals surface area contributed by atoms with Gasteiger partial charge < -0.3 is 14.8 Å². The van der Waals surface area contributed by atoms with Gasteiger partial charge in [0.25, 0.3) is 5.91 Å². The third-order valence-corrected chi connectivity index (χ3v) is 4.92. The van der Waals surface area contributed by atoms with Gasteiger partial charge in [-0.05, 0) is 48.9 Å². The standard InChI is InChI=1S/C20H14BrCl2N3O3/c1-2-28-18-8-12(15(21)10-19(18)29-6-5-24)7-13(11-25)20(27)26-14-3-4-16(22)17(23)9-14/h3-4,7-10H,2,6H2,1H3,(H,26,27)/b13-7+. The second kappa shape index (κ2) is 10.7. The van der Waals surface area contributed by atoms with E-state index < -0.39 is 5.91 Å². The molecule has 2 aromatic rings. The molecule has 1 amide bonds. The fourth-order valence-electron chi connectivity index (χ4n) is 2.23. The van der Waals surface area contributed by atoms with Crippen LogP contribution >= 0.6 is 39.1 Å². The van der Waals surface area contributed by atoms with Crippen LogP contribution in [0.15, 0.2) is 40.4 Å². The molecule has 6 nitrogen and oxygen atoms in total. The second-order valence-corrected chi connectivity index (χ2v) is 7.12. The third kappa shape index (κ3) is 6.13. The molecule has 29 heavy (non-hydrogen) atoms. The zero-order valence-electron chi connectivity index (χ0n) is 15.1. The van der Waals surface area contributed by atoms with Crippen molar-refractivity contribution in [1.82, 2.24) is 0 Å². The van der Waals surface area contributed by atoms with Crippen molar-refractivity contribution in [2.24, 2.45) is 0 Å². The van der Waals surface area contributed by atoms with E-state index in [2.05, 4.69) is 21.2 Å². The van der Waals surface area contributed by atoms with E-state index in [-0.39, 0.29) is 17.2 Å². The number of anilines is 1. The van der Waals surface area contributed by atoms with Crippen LogP contribution in [0.4, 0.5) is 5.69 Å². The van der Waals surface area contributed by atoms with Crippen LogP contribution < -0.4 is 14.8 Å². The van der Waals surface area contributed by atoms with Gasteiger partial charge in [-0.25, -0.2) is 0 Å². The van der Waals surface area contributed by atoms with Crippen molar-refractivity contribution in [2.45, 2.75) is 6.92 Å². The molecule has 0 aromatic heterocycles. The molecular weight excluding hydrogens is 481 g/mol. The fourth-order valence-corrected chi connectivity index (χ4v) is 2.96. The van der Waals surface area contributed by atoms with Crippen LogP contribution in [-0.4, -0.2) is 19.1 Å². The maximum atomic E-state index is 12.5. The highest BCUT2D eigenvalue weighted by Crippen LogP contribution is 2.35. The number of rotatable bonds is 7. The van der Waals surface area contributed by atoms with Gasteiger partial charge in [0.15, 0.2) is 18.1 Å². The van der Waals surface area contributed by atoms with Gasteiger partial charge >= 0.3 is 0 Å². The minimum absolute atomic E-state index is 0.134. The highest BCUT2D eigenvalue weighted by atomic mass is 79.9. The van der Waals surface area contributed by atoms with Crippen molar-refractivity contribution in [3.8, 4) is 23.6 Å². The Labute approximate surface area is 186 Å². The lowest BCUT2D eigenvalue weighted by Crippen LogP contribution is -2.13. The SMILES string of the molecule is CCOc1cc(/C=C(\C#N)C(=O)Nc2ccc(Cl)c(Cl)c2)c(Br)cc1OCC#N. The highest BCUT2D eigenvalue weighted by molar-refractivity contribution is 9.10. The number of benzene rings is 2. The quantitative estimate of drug-likeness (QED) is 0.399. The first-order chi connectivity index (χ1) is 13.9. The lowest BCUT2D eigenvalue weighted by atomic mass is 10.1. The molecule has 1 N–H and O–H groups in total. The number of carbonyl (C=O) groups excluding carboxylic acids is 1. The largest absolute Gasteiger partial charge is 0.490 e. The molecule has 0 saturated carbocycles. The normalized spacial score (nSPS) is 10.6. The summed E-state index contributed by atoms with van der Waals surface area (Å²) in [4.78, 5) is 12.5. The Morgan fingerprint density at radius 3 is 2.52 bits per heavy atom. The zero-order valence-corrected chi connectivity index (χ0v) is 18.2. The molecule has 0 bridgehead atoms. The summed E-state index contributed by atoms with van der Waals surface area (Å²) < 4.78 is 11.4. The molecular formula is C20H14BrCl2N3O3. The van der Waals surface area contributed by atoms with Gasteiger partial charge in [0, 0.05) is 10.2 Å². The van der Waals surface area contributed by atoms with E-state index >= 15 is 0 Å². The molecule has 0 atom stereocenters. The monoisotopic (exact) mass is 493 g/mol. The van der Waals surface area contributed by atoms with Gasteiger partial charge in [-0.15, -0.1) is 0 Å². The van der Waals surface area contributed by atoms with Gasteiger partial charge in [-0.3, -0.25) is 4.79 Å². The molecule has 0 radical (unpaired) electrons. The maximum absolute atomic E-state index is 12.5. The van der Waals surface area contributed by atoms with Crippen molar-refractivity contribution in [3.63, 3.8) is 0 Å². The molecule has 2 rings (SSSR count). The first-order valence-electron chi connectivity index (χ1n) is 8.23. The molecule has 0 unspecified atom stereocenters. The number of ether oxygens (including phenoxy) is 2. The van der Waals surface area contributed by atoms with Gasteiger partial charge in [-0.2, -0.15) is 10.5 Å². The summed E-state index contributed by atoms with van der Waals surface area (Å²) in [6.45, 7) is 2.03. The number of hydrogen-bond acceptors (Lipinski definition) is 5. The Balaban J connectivity index is 2.34. The number of amides is 1. The van der Waals surface area contributed by atoms with Crippen molar-refractivity contribution < 1.29 is 14.3 Å². The van der Waals surface area contributed by atoms with Gasteiger partial charge in [0.05, 0.1) is 16.7 Å². The van der Waals surface area contributed by atoms with E-state index in [0.29, 0.717) is 38.9 Å². The molecule has 0 spiro atoms. The predicted molar refractivity (Wildman–Crippen MR) is 115 cm³/mol. The van der Waals surface area contributed by atoms with Crippen LogP contribution in [0.1, 0.15) is 12.5 Å². The zero-order chi connectivity index (χ0) is 21.4. The van der Waals surface area contributed by atoms with Crippen molar-refractivity contribution in [3.05, 3.63) is 56.0 Å². The summed E-state index contributed by atoms with van der Waals surface area (Å²) in [5.41, 5.74) is 0.795. The molecule has 0 heterocycles. The lowest BCUT2D eigenvalue weighted by molar-refractivity contribution is -0.112. The number of halogens is 3. The van der Waals surface area contributed by atoms with E-state index in [1.165, 1.54) is 12.1 Å². The molecule has 0 aliphatic heterocycles. The summed E-state index contributed by atoms with van der Waals surface area (Å²) in [6, 6.07) is 11.6. The van der Waals surface area contributed by atoms with Crippen LogP contribution in [0.5, 0.6) is 11.5 Å². The average Bonchev–Trinajstić information content (AvgIpc) is 2.69. The van der Waals surface area contributed by atoms with Crippen LogP contribution in [0.25, 0.3) is 6.08 Å². The van der Waals surface area contributed by atoms with Crippen LogP contribution in [0.2, 0.25) is 10.0 Å². The third-order valence-electron chi connectivity index (χ3n) is 3.50. The number of nitriles is 2. The summed E-state index contributed by atoms with van der Waals surface area (Å²) in [5.74, 6) is 0.149. The Morgan fingerprint density at radius 1 is 1.17 bits per heavy atom. The van der Waals surface area contributed by atoms with Gasteiger partial charge in [0.2, 0.25) is 0 Å². The Morgan fingerprint density at radius 2 is 1.90 bits per heavy atom. The summed E-state index contributed by atoms with van der Waals surface area (Å²) in [5, 5.41) is 21.4. The first-order valence-corrected chi connectivity index (χ1v) is 9.78. The molecule has 2 aromatic carbocycles. The van der Waals surface area contributed by atoms with Crippen LogP contribution in [0, 0.1) is 22.7 Å². The van der Waals surface area contributed by atoms with E-state index in [4.69, 9.17) is 37.9 Å². The maximum Gasteiger partial charge on any atom is 0.266 e. The van der Waals surface area contributed by atoms with E-state index in [0.717, 1.165) is 0 Å². The highest BCUT2D eigenvalue weighted by Gasteiger charge is 2.14. The molecule has 0 fully saturated rings. The Kier molecular flexibility index (Phi) is 8.35. The minimum atomic E-state index is -0.611. The van der Waals surface area contributed by atoms with Crippen LogP contribution in [-0.2, 0) is 4.79 Å². The fraction of sp³-hybridized carbons (Fsp3) is 0.150. The van der Waals surface area contributed by atoms with E-state index in [1.807, 2.05) is 12.1 Å². The summed E-state index contributed by atoms with van der Waals surface area (Å²) >= 11 is 15.2. The van der Waals surface area contributed by atoms with Gasteiger partial charge in [0.1, 0.15) is 17.7 Å². The molecule has 9 heteroatoms. The number of nitrogens with zero attached hydrogens (tertiary/aromatic N) is 2. The van der Waals surface area contributed by atoms with Crippen molar-refractivity contribution >= 4 is 56.8 Å². The summed E-state index contributed by atoms with van der Waals surface area (Å²) in [7, 11) is 0. The van der Waals surface area contributed by atoms with Crippen LogP contribution in [0.3, 0.4) is 0 Å². The second-order valence-electron chi connectivity index (χ2n) is 5.45. The van der Waals surface area contributed by atoms with Gasteiger partial charge in [-0.1, -0.05) is 39.1 Å². The summed E-state index contributed by atoms with van der Waals surface area (Å²) in [6.07, 6.45) is 1.41. The van der Waals surface area contributed by atoms with Crippen molar-refractivity contribution in [1.29, 1.82) is 10.5 Å². The minimum Gasteiger partial charge on any atom is -0.490 e. The lowest BCUT2D eigenvalue weighted by Gasteiger charge is -2.12. The topological polar surface area (TPSA) is 95.1 Å².